The van der Waals surface area contributed by atoms with Crippen LogP contribution >= 0.6 is 23.2 Å². The SMILES string of the molecule is O=S(=O)(NCc1ccc(C(F)(F)F)cc1F)c1ccc(Cl)c(Cl)c1. The van der Waals surface area contributed by atoms with Crippen molar-refractivity contribution in [3.63, 3.8) is 0 Å². The lowest BCUT2D eigenvalue weighted by Gasteiger charge is -2.11. The van der Waals surface area contributed by atoms with Gasteiger partial charge >= 0.3 is 6.18 Å². The van der Waals surface area contributed by atoms with Crippen molar-refractivity contribution in [1.82, 2.24) is 4.72 Å². The van der Waals surface area contributed by atoms with E-state index in [1.54, 1.807) is 0 Å². The number of sulfonamides is 1. The Hall–Kier alpha value is -1.35. The zero-order valence-electron chi connectivity index (χ0n) is 11.7. The summed E-state index contributed by atoms with van der Waals surface area (Å²) in [5, 5.41) is 0.171. The maximum Gasteiger partial charge on any atom is 0.416 e. The third-order valence-electron chi connectivity index (χ3n) is 3.03. The molecule has 24 heavy (non-hydrogen) atoms. The van der Waals surface area contributed by atoms with E-state index in [-0.39, 0.29) is 20.5 Å². The van der Waals surface area contributed by atoms with Gasteiger partial charge in [0.1, 0.15) is 5.82 Å². The van der Waals surface area contributed by atoms with Crippen LogP contribution in [0.1, 0.15) is 11.1 Å². The Morgan fingerprint density at radius 1 is 1.00 bits per heavy atom. The van der Waals surface area contributed by atoms with E-state index in [2.05, 4.69) is 4.72 Å². The molecule has 0 bridgehead atoms. The zero-order chi connectivity index (χ0) is 18.1. The summed E-state index contributed by atoms with van der Waals surface area (Å²) in [5.74, 6) is -1.17. The zero-order valence-corrected chi connectivity index (χ0v) is 14.0. The fourth-order valence-electron chi connectivity index (χ4n) is 1.77. The number of halogens is 6. The summed E-state index contributed by atoms with van der Waals surface area (Å²) >= 11 is 11.4. The summed E-state index contributed by atoms with van der Waals surface area (Å²) in [6.07, 6.45) is -4.68. The predicted molar refractivity (Wildman–Crippen MR) is 81.9 cm³/mol. The van der Waals surface area contributed by atoms with Crippen LogP contribution in [0, 0.1) is 5.82 Å². The predicted octanol–water partition coefficient (Wildman–Crippen LogP) is 4.63. The van der Waals surface area contributed by atoms with Crippen LogP contribution in [0.4, 0.5) is 17.6 Å². The van der Waals surface area contributed by atoms with Gasteiger partial charge in [-0.15, -0.1) is 0 Å². The molecule has 0 aliphatic rings. The average molecular weight is 402 g/mol. The topological polar surface area (TPSA) is 46.2 Å². The third kappa shape index (κ3) is 4.38. The van der Waals surface area contributed by atoms with Crippen LogP contribution in [-0.4, -0.2) is 8.42 Å². The summed E-state index contributed by atoms with van der Waals surface area (Å²) in [5.41, 5.74) is -1.39. The molecule has 0 fully saturated rings. The van der Waals surface area contributed by atoms with Crippen LogP contribution in [0.5, 0.6) is 0 Å². The highest BCUT2D eigenvalue weighted by molar-refractivity contribution is 7.89. The van der Waals surface area contributed by atoms with Gasteiger partial charge in [-0.3, -0.25) is 0 Å². The molecule has 1 N–H and O–H groups in total. The number of hydrogen-bond acceptors (Lipinski definition) is 2. The summed E-state index contributed by atoms with van der Waals surface area (Å²) in [7, 11) is -4.03. The van der Waals surface area contributed by atoms with Gasteiger partial charge in [0, 0.05) is 12.1 Å². The van der Waals surface area contributed by atoms with Crippen molar-refractivity contribution in [2.24, 2.45) is 0 Å². The standard InChI is InChI=1S/C14H9Cl2F4NO2S/c15-11-4-3-10(6-12(11)16)24(22,23)21-7-8-1-2-9(5-13(8)17)14(18,19)20/h1-6,21H,7H2. The third-order valence-corrected chi connectivity index (χ3v) is 5.17. The molecule has 0 unspecified atom stereocenters. The van der Waals surface area contributed by atoms with Gasteiger partial charge < -0.3 is 0 Å². The van der Waals surface area contributed by atoms with Crippen molar-refractivity contribution < 1.29 is 26.0 Å². The molecular weight excluding hydrogens is 393 g/mol. The van der Waals surface area contributed by atoms with E-state index in [0.717, 1.165) is 12.1 Å². The maximum atomic E-state index is 13.7. The lowest BCUT2D eigenvalue weighted by atomic mass is 10.1. The average Bonchev–Trinajstić information content (AvgIpc) is 2.47. The van der Waals surface area contributed by atoms with Gasteiger partial charge in [-0.05, 0) is 30.3 Å². The summed E-state index contributed by atoms with van der Waals surface area (Å²) < 4.78 is 77.4. The molecule has 2 rings (SSSR count). The Morgan fingerprint density at radius 3 is 2.21 bits per heavy atom. The lowest BCUT2D eigenvalue weighted by Crippen LogP contribution is -2.24. The molecule has 0 heterocycles. The highest BCUT2D eigenvalue weighted by Crippen LogP contribution is 2.30. The summed E-state index contributed by atoms with van der Waals surface area (Å²) in [6.45, 7) is -0.521. The van der Waals surface area contributed by atoms with Crippen LogP contribution in [0.3, 0.4) is 0 Å². The molecular formula is C14H9Cl2F4NO2S. The number of hydrogen-bond donors (Lipinski definition) is 1. The Morgan fingerprint density at radius 2 is 1.67 bits per heavy atom. The molecule has 2 aromatic carbocycles. The smallest absolute Gasteiger partial charge is 0.207 e. The van der Waals surface area contributed by atoms with Crippen molar-refractivity contribution in [2.45, 2.75) is 17.6 Å². The Bertz CT molecular complexity index is 870. The van der Waals surface area contributed by atoms with Crippen LogP contribution in [-0.2, 0) is 22.7 Å². The molecule has 10 heteroatoms. The molecule has 2 aromatic rings. The van der Waals surface area contributed by atoms with Crippen LogP contribution < -0.4 is 4.72 Å². The Kier molecular flexibility index (Phi) is 5.44. The second-order valence-corrected chi connectivity index (χ2v) is 7.29. The highest BCUT2D eigenvalue weighted by Gasteiger charge is 2.31. The molecule has 3 nitrogen and oxygen atoms in total. The highest BCUT2D eigenvalue weighted by atomic mass is 35.5. The van der Waals surface area contributed by atoms with Crippen molar-refractivity contribution in [3.05, 3.63) is 63.4 Å². The molecule has 0 spiro atoms. The van der Waals surface area contributed by atoms with Crippen LogP contribution in [0.2, 0.25) is 10.0 Å². The number of rotatable bonds is 4. The van der Waals surface area contributed by atoms with E-state index in [1.807, 2.05) is 0 Å². The van der Waals surface area contributed by atoms with Crippen molar-refractivity contribution in [3.8, 4) is 0 Å². The minimum absolute atomic E-state index is 0.0141. The number of alkyl halides is 3. The first-order valence-corrected chi connectivity index (χ1v) is 8.55. The fourth-order valence-corrected chi connectivity index (χ4v) is 3.16. The molecule has 0 aromatic heterocycles. The monoisotopic (exact) mass is 401 g/mol. The van der Waals surface area contributed by atoms with Crippen LogP contribution in [0.25, 0.3) is 0 Å². The van der Waals surface area contributed by atoms with Gasteiger partial charge in [0.05, 0.1) is 20.5 Å². The van der Waals surface area contributed by atoms with E-state index < -0.39 is 34.1 Å². The quantitative estimate of drug-likeness (QED) is 0.759. The van der Waals surface area contributed by atoms with Gasteiger partial charge in [0.25, 0.3) is 0 Å². The molecule has 0 atom stereocenters. The van der Waals surface area contributed by atoms with E-state index >= 15 is 0 Å². The molecule has 0 aliphatic heterocycles. The van der Waals surface area contributed by atoms with Gasteiger partial charge in [-0.1, -0.05) is 29.3 Å². The number of benzene rings is 2. The minimum Gasteiger partial charge on any atom is -0.207 e. The Balaban J connectivity index is 2.19. The molecule has 0 saturated carbocycles. The van der Waals surface area contributed by atoms with Gasteiger partial charge in [0.15, 0.2) is 0 Å². The molecule has 0 aliphatic carbocycles. The first-order valence-electron chi connectivity index (χ1n) is 6.31. The van der Waals surface area contributed by atoms with Crippen LogP contribution in [0.15, 0.2) is 41.3 Å². The van der Waals surface area contributed by atoms with Crippen molar-refractivity contribution in [2.75, 3.05) is 0 Å². The molecule has 0 amide bonds. The molecule has 0 saturated heterocycles. The van der Waals surface area contributed by atoms with Gasteiger partial charge in [0.2, 0.25) is 10.0 Å². The number of nitrogens with one attached hydrogen (secondary N) is 1. The first-order chi connectivity index (χ1) is 11.0. The summed E-state index contributed by atoms with van der Waals surface area (Å²) in [6, 6.07) is 5.43. The second-order valence-electron chi connectivity index (χ2n) is 4.70. The van der Waals surface area contributed by atoms with Crippen molar-refractivity contribution in [1.29, 1.82) is 0 Å². The van der Waals surface area contributed by atoms with Gasteiger partial charge in [-0.25, -0.2) is 17.5 Å². The van der Waals surface area contributed by atoms with E-state index in [1.165, 1.54) is 12.1 Å². The molecule has 0 radical (unpaired) electrons. The van der Waals surface area contributed by atoms with E-state index in [9.17, 15) is 26.0 Å². The fraction of sp³-hybridized carbons (Fsp3) is 0.143. The maximum absolute atomic E-state index is 13.7. The van der Waals surface area contributed by atoms with Gasteiger partial charge in [-0.2, -0.15) is 13.2 Å². The summed E-state index contributed by atoms with van der Waals surface area (Å²) in [4.78, 5) is -0.204. The van der Waals surface area contributed by atoms with E-state index in [0.29, 0.717) is 12.1 Å². The van der Waals surface area contributed by atoms with E-state index in [4.69, 9.17) is 23.2 Å². The van der Waals surface area contributed by atoms with Crippen molar-refractivity contribution >= 4 is 33.2 Å². The second kappa shape index (κ2) is 6.87. The lowest BCUT2D eigenvalue weighted by molar-refractivity contribution is -0.137. The molecule has 130 valence electrons. The normalized spacial score (nSPS) is 12.4. The largest absolute Gasteiger partial charge is 0.416 e. The first kappa shape index (κ1) is 19.0. The minimum atomic E-state index is -4.68. The Labute approximate surface area is 145 Å².